The van der Waals surface area contributed by atoms with E-state index in [1.54, 1.807) is 4.90 Å². The second kappa shape index (κ2) is 9.08. The molecule has 0 atom stereocenters. The molecule has 0 unspecified atom stereocenters. The van der Waals surface area contributed by atoms with E-state index in [0.717, 1.165) is 23.2 Å². The largest absolute Gasteiger partial charge is 0.440 e. The van der Waals surface area contributed by atoms with Crippen LogP contribution in [0.2, 0.25) is 0 Å². The maximum Gasteiger partial charge on any atom is 0.416 e. The van der Waals surface area contributed by atoms with Crippen molar-refractivity contribution in [2.24, 2.45) is 0 Å². The van der Waals surface area contributed by atoms with E-state index >= 15 is 0 Å². The predicted octanol–water partition coefficient (Wildman–Crippen LogP) is 4.96. The lowest BCUT2D eigenvalue weighted by atomic mass is 9.96. The predicted molar refractivity (Wildman–Crippen MR) is 114 cm³/mol. The Morgan fingerprint density at radius 3 is 2.61 bits per heavy atom. The number of carbonyl (C=O) groups is 1. The van der Waals surface area contributed by atoms with Crippen molar-refractivity contribution in [1.29, 1.82) is 0 Å². The third kappa shape index (κ3) is 5.07. The molecule has 1 amide bonds. The number of amides is 1. The molecule has 0 radical (unpaired) electrons. The number of likely N-dealkylation sites (tertiary alicyclic amines) is 1. The smallest absolute Gasteiger partial charge is 0.416 e. The second-order valence-electron chi connectivity index (χ2n) is 7.84. The van der Waals surface area contributed by atoms with Crippen molar-refractivity contribution in [2.75, 3.05) is 25.0 Å². The monoisotopic (exact) mass is 462 g/mol. The second-order valence-corrected chi connectivity index (χ2v) is 7.84. The van der Waals surface area contributed by atoms with Gasteiger partial charge in [-0.3, -0.25) is 14.9 Å². The lowest BCUT2D eigenvalue weighted by Gasteiger charge is -2.30. The lowest BCUT2D eigenvalue weighted by molar-refractivity contribution is -0.384. The molecule has 2 heterocycles. The van der Waals surface area contributed by atoms with Crippen LogP contribution in [0.3, 0.4) is 0 Å². The minimum absolute atomic E-state index is 0.0598. The third-order valence-corrected chi connectivity index (χ3v) is 5.68. The molecule has 1 saturated heterocycles. The fourth-order valence-electron chi connectivity index (χ4n) is 3.91. The summed E-state index contributed by atoms with van der Waals surface area (Å²) in [4.78, 5) is 29.1. The van der Waals surface area contributed by atoms with Crippen molar-refractivity contribution in [3.63, 3.8) is 0 Å². The van der Waals surface area contributed by atoms with E-state index in [1.807, 2.05) is 24.3 Å². The topological polar surface area (TPSA) is 102 Å². The molecule has 174 valence electrons. The summed E-state index contributed by atoms with van der Waals surface area (Å²) in [6, 6.07) is 9.79. The molecule has 1 aliphatic heterocycles. The molecular weight excluding hydrogens is 441 g/mol. The third-order valence-electron chi connectivity index (χ3n) is 5.68. The van der Waals surface area contributed by atoms with E-state index in [1.165, 1.54) is 0 Å². The number of oxazole rings is 1. The van der Waals surface area contributed by atoms with Gasteiger partial charge in [0.25, 0.3) is 5.69 Å². The summed E-state index contributed by atoms with van der Waals surface area (Å²) in [5, 5.41) is 13.9. The maximum absolute atomic E-state index is 12.8. The van der Waals surface area contributed by atoms with Crippen LogP contribution in [0.1, 0.15) is 36.6 Å². The van der Waals surface area contributed by atoms with Crippen molar-refractivity contribution in [2.45, 2.75) is 31.4 Å². The lowest BCUT2D eigenvalue weighted by Crippen LogP contribution is -2.38. The molecule has 0 bridgehead atoms. The van der Waals surface area contributed by atoms with Gasteiger partial charge in [0, 0.05) is 38.0 Å². The Kier molecular flexibility index (Phi) is 6.21. The van der Waals surface area contributed by atoms with Crippen LogP contribution in [-0.2, 0) is 11.0 Å². The number of nitrogens with zero attached hydrogens (tertiary/aromatic N) is 3. The molecule has 8 nitrogen and oxygen atoms in total. The number of para-hydroxylation sites is 2. The minimum Gasteiger partial charge on any atom is -0.440 e. The highest BCUT2D eigenvalue weighted by Crippen LogP contribution is 2.35. The Bertz CT molecular complexity index is 1140. The Labute approximate surface area is 186 Å². The van der Waals surface area contributed by atoms with Gasteiger partial charge in [-0.25, -0.2) is 4.98 Å². The number of nitrogens with one attached hydrogen (secondary N) is 1. The quantitative estimate of drug-likeness (QED) is 0.410. The first-order valence-electron chi connectivity index (χ1n) is 10.4. The van der Waals surface area contributed by atoms with Gasteiger partial charge in [0.1, 0.15) is 11.2 Å². The van der Waals surface area contributed by atoms with Gasteiger partial charge in [0.05, 0.1) is 10.5 Å². The van der Waals surface area contributed by atoms with Crippen molar-refractivity contribution in [3.05, 3.63) is 64.0 Å². The summed E-state index contributed by atoms with van der Waals surface area (Å²) in [6.07, 6.45) is -3.21. The van der Waals surface area contributed by atoms with Crippen LogP contribution in [0.5, 0.6) is 0 Å². The number of anilines is 1. The Morgan fingerprint density at radius 1 is 1.21 bits per heavy atom. The summed E-state index contributed by atoms with van der Waals surface area (Å²) in [5.41, 5.74) is -0.312. The van der Waals surface area contributed by atoms with Gasteiger partial charge >= 0.3 is 6.18 Å². The first-order valence-corrected chi connectivity index (χ1v) is 10.4. The van der Waals surface area contributed by atoms with Gasteiger partial charge in [-0.2, -0.15) is 13.2 Å². The number of nitro groups is 1. The summed E-state index contributed by atoms with van der Waals surface area (Å²) < 4.78 is 44.3. The zero-order valence-electron chi connectivity index (χ0n) is 17.5. The fraction of sp³-hybridized carbons (Fsp3) is 0.364. The maximum atomic E-state index is 12.8. The van der Waals surface area contributed by atoms with E-state index in [9.17, 15) is 28.1 Å². The number of piperidine rings is 1. The molecule has 0 spiro atoms. The summed E-state index contributed by atoms with van der Waals surface area (Å²) in [5.74, 6) is 0.655. The molecule has 3 aromatic rings. The summed E-state index contributed by atoms with van der Waals surface area (Å²) in [7, 11) is 0. The molecule has 11 heteroatoms. The normalized spacial score (nSPS) is 15.1. The highest BCUT2D eigenvalue weighted by atomic mass is 19.4. The number of hydrogen-bond donors (Lipinski definition) is 1. The number of nitro benzene ring substituents is 1. The minimum atomic E-state index is -4.68. The zero-order chi connectivity index (χ0) is 23.6. The highest BCUT2D eigenvalue weighted by Gasteiger charge is 2.33. The van der Waals surface area contributed by atoms with Crippen LogP contribution < -0.4 is 5.32 Å². The van der Waals surface area contributed by atoms with Crippen LogP contribution in [0.25, 0.3) is 11.1 Å². The first kappa shape index (κ1) is 22.6. The number of hydrogen-bond acceptors (Lipinski definition) is 6. The van der Waals surface area contributed by atoms with Crippen molar-refractivity contribution < 1.29 is 27.3 Å². The average Bonchev–Trinajstić information content (AvgIpc) is 3.23. The van der Waals surface area contributed by atoms with E-state index in [4.69, 9.17) is 4.42 Å². The average molecular weight is 462 g/mol. The molecule has 0 saturated carbocycles. The van der Waals surface area contributed by atoms with Crippen LogP contribution in [0.15, 0.2) is 46.9 Å². The standard InChI is InChI=1S/C22H21F3N4O4/c23-22(24,25)15-5-6-16(18(13-15)29(31)32)26-10-7-20(30)28-11-8-14(9-12-28)21-27-17-3-1-2-4-19(17)33-21/h1-6,13-14,26H,7-12H2. The molecule has 33 heavy (non-hydrogen) atoms. The number of benzene rings is 2. The molecule has 1 N–H and O–H groups in total. The van der Waals surface area contributed by atoms with Gasteiger partial charge in [-0.15, -0.1) is 0 Å². The van der Waals surface area contributed by atoms with Gasteiger partial charge < -0.3 is 14.6 Å². The van der Waals surface area contributed by atoms with Gasteiger partial charge in [0.2, 0.25) is 5.91 Å². The van der Waals surface area contributed by atoms with E-state index in [2.05, 4.69) is 10.3 Å². The molecule has 2 aromatic carbocycles. The highest BCUT2D eigenvalue weighted by molar-refractivity contribution is 5.77. The molecule has 1 fully saturated rings. The summed E-state index contributed by atoms with van der Waals surface area (Å²) in [6.45, 7) is 1.13. The van der Waals surface area contributed by atoms with Crippen molar-refractivity contribution >= 4 is 28.4 Å². The van der Waals surface area contributed by atoms with Crippen LogP contribution >= 0.6 is 0 Å². The number of fused-ring (bicyclic) bond motifs is 1. The van der Waals surface area contributed by atoms with Crippen molar-refractivity contribution in [1.82, 2.24) is 9.88 Å². The Morgan fingerprint density at radius 2 is 1.94 bits per heavy atom. The molecule has 1 aromatic heterocycles. The Hall–Kier alpha value is -3.63. The van der Waals surface area contributed by atoms with Gasteiger partial charge in [-0.05, 0) is 37.1 Å². The fourth-order valence-corrected chi connectivity index (χ4v) is 3.91. The van der Waals surface area contributed by atoms with Crippen molar-refractivity contribution in [3.8, 4) is 0 Å². The number of alkyl halides is 3. The molecular formula is C22H21F3N4O4. The number of halogens is 3. The van der Waals surface area contributed by atoms with Gasteiger partial charge in [-0.1, -0.05) is 12.1 Å². The molecule has 4 rings (SSSR count). The van der Waals surface area contributed by atoms with E-state index < -0.39 is 22.4 Å². The van der Waals surface area contributed by atoms with Gasteiger partial charge in [0.15, 0.2) is 11.5 Å². The SMILES string of the molecule is O=C(CCNc1ccc(C(F)(F)F)cc1[N+](=O)[O-])N1CCC(c2nc3ccccc3o2)CC1. The number of aromatic nitrogens is 1. The van der Waals surface area contributed by atoms with Crippen LogP contribution in [0, 0.1) is 10.1 Å². The van der Waals surface area contributed by atoms with Crippen LogP contribution in [0.4, 0.5) is 24.5 Å². The molecule has 1 aliphatic rings. The Balaban J connectivity index is 1.30. The number of rotatable bonds is 6. The summed E-state index contributed by atoms with van der Waals surface area (Å²) >= 11 is 0. The van der Waals surface area contributed by atoms with E-state index in [0.29, 0.717) is 37.9 Å². The zero-order valence-corrected chi connectivity index (χ0v) is 17.5. The van der Waals surface area contributed by atoms with Crippen LogP contribution in [-0.4, -0.2) is 40.3 Å². The number of carbonyl (C=O) groups excluding carboxylic acids is 1. The molecule has 0 aliphatic carbocycles. The first-order chi connectivity index (χ1) is 15.7. The van der Waals surface area contributed by atoms with E-state index in [-0.39, 0.29) is 30.5 Å².